The lowest BCUT2D eigenvalue weighted by Gasteiger charge is -1.96. The van der Waals surface area contributed by atoms with E-state index in [2.05, 4.69) is 34.6 Å². The van der Waals surface area contributed by atoms with Gasteiger partial charge in [-0.1, -0.05) is 76.7 Å². The van der Waals surface area contributed by atoms with Crippen LogP contribution in [0.2, 0.25) is 0 Å². The van der Waals surface area contributed by atoms with E-state index < -0.39 is 0 Å². The van der Waals surface area contributed by atoms with Crippen LogP contribution in [-0.2, 0) is 4.79 Å². The lowest BCUT2D eigenvalue weighted by molar-refractivity contribution is -0.121. The van der Waals surface area contributed by atoms with Crippen molar-refractivity contribution < 1.29 is 4.79 Å². The van der Waals surface area contributed by atoms with Gasteiger partial charge in [-0.05, 0) is 5.92 Å². The van der Waals surface area contributed by atoms with Crippen molar-refractivity contribution in [3.8, 4) is 0 Å². The van der Waals surface area contributed by atoms with Gasteiger partial charge in [0.05, 0.1) is 0 Å². The van der Waals surface area contributed by atoms with Crippen LogP contribution in [0.15, 0.2) is 0 Å². The maximum Gasteiger partial charge on any atom is 0.135 e. The van der Waals surface area contributed by atoms with Crippen LogP contribution in [-0.4, -0.2) is 5.78 Å². The Kier molecular flexibility index (Phi) is 44.6. The summed E-state index contributed by atoms with van der Waals surface area (Å²) in [6.45, 7) is 16.5. The zero-order valence-electron chi connectivity index (χ0n) is 11.5. The van der Waals surface area contributed by atoms with E-state index in [9.17, 15) is 4.79 Å². The summed E-state index contributed by atoms with van der Waals surface area (Å²) in [5.74, 6) is 1.41. The normalized spacial score (nSPS) is 7.62. The van der Waals surface area contributed by atoms with Crippen molar-refractivity contribution in [2.75, 3.05) is 0 Å². The van der Waals surface area contributed by atoms with Gasteiger partial charge in [-0.15, -0.1) is 0 Å². The van der Waals surface area contributed by atoms with E-state index >= 15 is 0 Å². The summed E-state index contributed by atoms with van der Waals surface area (Å²) in [5, 5.41) is 0. The second-order valence-electron chi connectivity index (χ2n) is 4.41. The Morgan fingerprint density at radius 3 is 1.06 bits per heavy atom. The Morgan fingerprint density at radius 1 is 0.875 bits per heavy atom. The minimum absolute atomic E-state index is 0. The van der Waals surface area contributed by atoms with Crippen LogP contribution < -0.4 is 0 Å². The van der Waals surface area contributed by atoms with E-state index in [4.69, 9.17) is 0 Å². The average molecular weight is 234 g/mol. The number of ketones is 1. The minimum Gasteiger partial charge on any atom is -0.299 e. The third-order valence-electron chi connectivity index (χ3n) is 0.992. The molecular weight excluding hydrogens is 196 g/mol. The van der Waals surface area contributed by atoms with Crippen molar-refractivity contribution in [2.45, 2.75) is 83.1 Å². The molecule has 1 nitrogen and oxygen atoms in total. The summed E-state index contributed by atoms with van der Waals surface area (Å²) in [7, 11) is 0. The van der Waals surface area contributed by atoms with Crippen LogP contribution in [0.3, 0.4) is 0 Å². The Morgan fingerprint density at radius 2 is 1.06 bits per heavy atom. The molecule has 0 fully saturated rings. The second kappa shape index (κ2) is 24.1. The lowest BCUT2D eigenvalue weighted by Crippen LogP contribution is -2.03. The number of carbonyl (C=O) groups is 1. The average Bonchev–Trinajstić information content (AvgIpc) is 2.03. The molecule has 0 bridgehead atoms. The summed E-state index contributed by atoms with van der Waals surface area (Å²) in [6, 6.07) is 0. The van der Waals surface area contributed by atoms with Crippen LogP contribution in [0.4, 0.5) is 0 Å². The van der Waals surface area contributed by atoms with Gasteiger partial charge in [0.2, 0.25) is 0 Å². The van der Waals surface area contributed by atoms with Gasteiger partial charge in [-0.2, -0.15) is 0 Å². The number of hydrogen-bond acceptors (Lipinski definition) is 1. The highest BCUT2D eigenvalue weighted by Crippen LogP contribution is 1.95. The lowest BCUT2D eigenvalue weighted by atomic mass is 10.1. The van der Waals surface area contributed by atoms with Crippen molar-refractivity contribution in [3.63, 3.8) is 0 Å². The third kappa shape index (κ3) is 68.3. The molecule has 0 saturated carbocycles. The van der Waals surface area contributed by atoms with E-state index in [-0.39, 0.29) is 20.8 Å². The predicted octanol–water partition coefficient (Wildman–Crippen LogP) is 5.97. The highest BCUT2D eigenvalue weighted by Gasteiger charge is 2.00. The highest BCUT2D eigenvalue weighted by molar-refractivity contribution is 5.79. The quantitative estimate of drug-likeness (QED) is 0.575. The van der Waals surface area contributed by atoms with Crippen molar-refractivity contribution >= 4 is 5.78 Å². The fourth-order valence-corrected chi connectivity index (χ4v) is 0.408. The first-order valence-corrected chi connectivity index (χ1v) is 5.85. The molecule has 0 aliphatic heterocycles. The van der Waals surface area contributed by atoms with Crippen molar-refractivity contribution in [3.05, 3.63) is 0 Å². The Hall–Kier alpha value is -0.330. The molecule has 0 rings (SSSR count). The standard InChI is InChI=1S/C6H12O.C4H10.C3H8.2CH4/c1-4-6(7)5(2)3;1-4(2)3;1-3-2;;/h5H,4H2,1-3H3;4H,1-3H3;3H2,1-2H3;2*1H4. The molecule has 0 atom stereocenters. The van der Waals surface area contributed by atoms with Gasteiger partial charge in [-0.25, -0.2) is 0 Å². The van der Waals surface area contributed by atoms with Gasteiger partial charge in [0.1, 0.15) is 5.78 Å². The fraction of sp³-hybridized carbons (Fsp3) is 0.933. The summed E-state index contributed by atoms with van der Waals surface area (Å²) in [6.07, 6.45) is 1.93. The van der Waals surface area contributed by atoms with Crippen LogP contribution in [0.25, 0.3) is 0 Å². The first kappa shape index (κ1) is 29.6. The van der Waals surface area contributed by atoms with Crippen molar-refractivity contribution in [1.29, 1.82) is 0 Å². The summed E-state index contributed by atoms with van der Waals surface area (Å²) >= 11 is 0. The zero-order chi connectivity index (χ0) is 12.1. The van der Waals surface area contributed by atoms with E-state index in [1.807, 2.05) is 20.8 Å². The first-order chi connectivity index (χ1) is 6.33. The summed E-state index contributed by atoms with van der Waals surface area (Å²) < 4.78 is 0. The van der Waals surface area contributed by atoms with Crippen LogP contribution in [0.1, 0.15) is 83.1 Å². The predicted molar refractivity (Wildman–Crippen MR) is 80.1 cm³/mol. The first-order valence-electron chi connectivity index (χ1n) is 5.85. The van der Waals surface area contributed by atoms with E-state index in [1.54, 1.807) is 0 Å². The molecule has 0 aromatic carbocycles. The number of rotatable bonds is 2. The molecular formula is C15H38O. The van der Waals surface area contributed by atoms with Gasteiger partial charge in [0.25, 0.3) is 0 Å². The van der Waals surface area contributed by atoms with Gasteiger partial charge in [0, 0.05) is 12.3 Å². The number of hydrogen-bond donors (Lipinski definition) is 0. The molecule has 0 aliphatic carbocycles. The fourth-order valence-electron chi connectivity index (χ4n) is 0.408. The molecule has 0 N–H and O–H groups in total. The van der Waals surface area contributed by atoms with Crippen molar-refractivity contribution in [2.24, 2.45) is 11.8 Å². The largest absolute Gasteiger partial charge is 0.299 e. The second-order valence-corrected chi connectivity index (χ2v) is 4.41. The van der Waals surface area contributed by atoms with E-state index in [1.165, 1.54) is 6.42 Å². The third-order valence-corrected chi connectivity index (χ3v) is 0.992. The van der Waals surface area contributed by atoms with Gasteiger partial charge >= 0.3 is 0 Å². The molecule has 0 aromatic rings. The SMILES string of the molecule is C.C.CC(C)C.CCC.CCC(=O)C(C)C. The maximum atomic E-state index is 10.5. The van der Waals surface area contributed by atoms with Crippen LogP contribution in [0.5, 0.6) is 0 Å². The topological polar surface area (TPSA) is 17.1 Å². The number of carbonyl (C=O) groups excluding carboxylic acids is 1. The van der Waals surface area contributed by atoms with Crippen LogP contribution >= 0.6 is 0 Å². The maximum absolute atomic E-state index is 10.5. The molecule has 0 spiro atoms. The Balaban J connectivity index is -0.0000000393. The van der Waals surface area contributed by atoms with Gasteiger partial charge in [-0.3, -0.25) is 4.79 Å². The molecule has 0 unspecified atom stereocenters. The molecule has 0 aromatic heterocycles. The molecule has 0 radical (unpaired) electrons. The highest BCUT2D eigenvalue weighted by atomic mass is 16.1. The molecule has 1 heteroatoms. The Bertz CT molecular complexity index is 101. The van der Waals surface area contributed by atoms with Gasteiger partial charge in [0.15, 0.2) is 0 Å². The molecule has 0 aliphatic rings. The van der Waals surface area contributed by atoms with E-state index in [0.717, 1.165) is 5.92 Å². The zero-order valence-corrected chi connectivity index (χ0v) is 11.5. The monoisotopic (exact) mass is 234 g/mol. The Labute approximate surface area is 106 Å². The molecule has 16 heavy (non-hydrogen) atoms. The molecule has 0 heterocycles. The van der Waals surface area contributed by atoms with Crippen LogP contribution in [0, 0.1) is 11.8 Å². The molecule has 104 valence electrons. The summed E-state index contributed by atoms with van der Waals surface area (Å²) in [4.78, 5) is 10.5. The summed E-state index contributed by atoms with van der Waals surface area (Å²) in [5.41, 5.74) is 0. The molecule has 0 saturated heterocycles. The smallest absolute Gasteiger partial charge is 0.135 e. The van der Waals surface area contributed by atoms with Gasteiger partial charge < -0.3 is 0 Å². The van der Waals surface area contributed by atoms with Crippen molar-refractivity contribution in [1.82, 2.24) is 0 Å². The van der Waals surface area contributed by atoms with E-state index in [0.29, 0.717) is 12.2 Å². The minimum atomic E-state index is 0. The number of Topliss-reactive ketones (excluding diaryl/α,β-unsaturated/α-hetero) is 1. The molecule has 0 amide bonds.